The third-order valence-electron chi connectivity index (χ3n) is 4.84. The van der Waals surface area contributed by atoms with Gasteiger partial charge in [0.1, 0.15) is 18.5 Å². The lowest BCUT2D eigenvalue weighted by Gasteiger charge is -2.34. The summed E-state index contributed by atoms with van der Waals surface area (Å²) in [5.74, 6) is 0.865. The lowest BCUT2D eigenvalue weighted by Crippen LogP contribution is -2.48. The van der Waals surface area contributed by atoms with Gasteiger partial charge >= 0.3 is 12.1 Å². The van der Waals surface area contributed by atoms with Crippen LogP contribution >= 0.6 is 0 Å². The molecule has 3 aromatic rings. The summed E-state index contributed by atoms with van der Waals surface area (Å²) in [6.07, 6.45) is 11.7. The van der Waals surface area contributed by atoms with Gasteiger partial charge < -0.3 is 10.0 Å². The van der Waals surface area contributed by atoms with E-state index in [1.807, 2.05) is 4.90 Å². The largest absolute Gasteiger partial charge is 0.464 e. The van der Waals surface area contributed by atoms with Gasteiger partial charge in [-0.2, -0.15) is 0 Å². The first-order chi connectivity index (χ1) is 15.0. The van der Waals surface area contributed by atoms with E-state index in [9.17, 15) is 14.4 Å². The molecule has 0 saturated carbocycles. The highest BCUT2D eigenvalue weighted by molar-refractivity contribution is 5.79. The Bertz CT molecular complexity index is 988. The molecule has 0 aliphatic carbocycles. The molecular weight excluding hydrogens is 404 g/mol. The van der Waals surface area contributed by atoms with Crippen LogP contribution in [0.3, 0.4) is 0 Å². The topological polar surface area (TPSA) is 131 Å². The van der Waals surface area contributed by atoms with Gasteiger partial charge in [-0.15, -0.1) is 0 Å². The smallest absolute Gasteiger partial charge is 0.416 e. The minimum absolute atomic E-state index is 0.131. The van der Waals surface area contributed by atoms with Gasteiger partial charge in [0.15, 0.2) is 0 Å². The summed E-state index contributed by atoms with van der Waals surface area (Å²) in [7, 11) is 0. The maximum Gasteiger partial charge on any atom is 0.416 e. The molecule has 1 fully saturated rings. The van der Waals surface area contributed by atoms with Gasteiger partial charge in [0.25, 0.3) is 0 Å². The van der Waals surface area contributed by atoms with Crippen molar-refractivity contribution >= 4 is 18.0 Å². The summed E-state index contributed by atoms with van der Waals surface area (Å²) in [6.45, 7) is 5.66. The zero-order valence-corrected chi connectivity index (χ0v) is 17.1. The fourth-order valence-electron chi connectivity index (χ4n) is 3.11. The summed E-state index contributed by atoms with van der Waals surface area (Å²) in [4.78, 5) is 49.5. The van der Waals surface area contributed by atoms with Crippen LogP contribution in [0.25, 0.3) is 0 Å². The standard InChI is InChI=1S/C15H20N6O2.C4H4N2O2/c1-13(22)19-10-8-18(9-11-19)5-2-14-17-4-7-21(14)15(23)20-6-3-16-12-20;7-4(8)6-2-1-5-3-6/h3-4,6-7,12H,2,5,8-11H2,1H3;1-3H,(H,7,8). The highest BCUT2D eigenvalue weighted by Crippen LogP contribution is 2.06. The highest BCUT2D eigenvalue weighted by atomic mass is 16.4. The molecule has 3 aromatic heterocycles. The van der Waals surface area contributed by atoms with Crippen molar-refractivity contribution in [2.24, 2.45) is 0 Å². The van der Waals surface area contributed by atoms with Crippen molar-refractivity contribution in [3.8, 4) is 0 Å². The van der Waals surface area contributed by atoms with Crippen LogP contribution in [-0.2, 0) is 11.2 Å². The van der Waals surface area contributed by atoms with E-state index in [1.54, 1.807) is 36.3 Å². The number of carbonyl (C=O) groups excluding carboxylic acids is 2. The normalized spacial score (nSPS) is 14.0. The van der Waals surface area contributed by atoms with Gasteiger partial charge in [0.2, 0.25) is 5.91 Å². The van der Waals surface area contributed by atoms with Crippen LogP contribution in [-0.4, -0.2) is 94.3 Å². The monoisotopic (exact) mass is 428 g/mol. The number of piperazine rings is 1. The summed E-state index contributed by atoms with van der Waals surface area (Å²) in [6, 6.07) is -0.184. The van der Waals surface area contributed by atoms with E-state index in [-0.39, 0.29) is 11.9 Å². The quantitative estimate of drug-likeness (QED) is 0.645. The van der Waals surface area contributed by atoms with Gasteiger partial charge in [-0.1, -0.05) is 0 Å². The van der Waals surface area contributed by atoms with Gasteiger partial charge in [0, 0.05) is 83.2 Å². The number of hydrogen-bond acceptors (Lipinski definition) is 7. The molecule has 1 N–H and O–H groups in total. The van der Waals surface area contributed by atoms with E-state index in [4.69, 9.17) is 5.11 Å². The lowest BCUT2D eigenvalue weighted by atomic mass is 10.3. The van der Waals surface area contributed by atoms with Gasteiger partial charge in [-0.05, 0) is 0 Å². The lowest BCUT2D eigenvalue weighted by molar-refractivity contribution is -0.130. The molecule has 164 valence electrons. The van der Waals surface area contributed by atoms with Crippen molar-refractivity contribution in [3.05, 3.63) is 55.7 Å². The van der Waals surface area contributed by atoms with E-state index >= 15 is 0 Å². The number of nitrogens with zero attached hydrogens (tertiary/aromatic N) is 8. The number of carbonyl (C=O) groups is 3. The predicted octanol–water partition coefficient (Wildman–Crippen LogP) is 0.712. The van der Waals surface area contributed by atoms with Crippen molar-refractivity contribution in [2.45, 2.75) is 13.3 Å². The zero-order valence-electron chi connectivity index (χ0n) is 17.1. The van der Waals surface area contributed by atoms with E-state index < -0.39 is 6.09 Å². The number of hydrogen-bond donors (Lipinski definition) is 1. The molecule has 0 radical (unpaired) electrons. The van der Waals surface area contributed by atoms with Gasteiger partial charge in [0.05, 0.1) is 0 Å². The Balaban J connectivity index is 0.000000287. The molecule has 4 rings (SSSR count). The number of rotatable bonds is 3. The van der Waals surface area contributed by atoms with Gasteiger partial charge in [-0.3, -0.25) is 18.8 Å². The first kappa shape index (κ1) is 21.9. The van der Waals surface area contributed by atoms with Crippen molar-refractivity contribution in [1.82, 2.24) is 38.5 Å². The summed E-state index contributed by atoms with van der Waals surface area (Å²) in [5, 5.41) is 8.20. The summed E-state index contributed by atoms with van der Waals surface area (Å²) < 4.78 is 3.95. The maximum absolute atomic E-state index is 12.3. The Morgan fingerprint density at radius 3 is 2.10 bits per heavy atom. The van der Waals surface area contributed by atoms with Crippen molar-refractivity contribution in [3.63, 3.8) is 0 Å². The average molecular weight is 428 g/mol. The molecule has 12 nitrogen and oxygen atoms in total. The molecule has 1 aliphatic heterocycles. The predicted molar refractivity (Wildman–Crippen MR) is 109 cm³/mol. The van der Waals surface area contributed by atoms with Crippen LogP contribution in [0.4, 0.5) is 9.59 Å². The van der Waals surface area contributed by atoms with Crippen LogP contribution < -0.4 is 0 Å². The Morgan fingerprint density at radius 1 is 0.935 bits per heavy atom. The van der Waals surface area contributed by atoms with E-state index in [2.05, 4.69) is 19.9 Å². The molecule has 1 saturated heterocycles. The van der Waals surface area contributed by atoms with E-state index in [0.717, 1.165) is 43.1 Å². The molecule has 31 heavy (non-hydrogen) atoms. The van der Waals surface area contributed by atoms with Crippen molar-refractivity contribution in [1.29, 1.82) is 0 Å². The first-order valence-electron chi connectivity index (χ1n) is 9.69. The molecule has 0 unspecified atom stereocenters. The SMILES string of the molecule is CC(=O)N1CCN(CCc2nccn2C(=O)n2ccnc2)CC1.O=C(O)n1ccnc1. The second-order valence-corrected chi connectivity index (χ2v) is 6.82. The number of imidazole rings is 3. The molecule has 1 aliphatic rings. The number of aromatic nitrogens is 6. The van der Waals surface area contributed by atoms with E-state index in [0.29, 0.717) is 6.42 Å². The fraction of sp³-hybridized carbons (Fsp3) is 0.368. The number of amides is 1. The van der Waals surface area contributed by atoms with Crippen LogP contribution in [0.1, 0.15) is 12.7 Å². The van der Waals surface area contributed by atoms with Crippen LogP contribution in [0.15, 0.2) is 49.8 Å². The molecule has 0 atom stereocenters. The summed E-state index contributed by atoms with van der Waals surface area (Å²) in [5.41, 5.74) is 0. The molecule has 12 heteroatoms. The third kappa shape index (κ3) is 5.85. The highest BCUT2D eigenvalue weighted by Gasteiger charge is 2.19. The van der Waals surface area contributed by atoms with Crippen molar-refractivity contribution < 1.29 is 19.5 Å². The molecule has 1 amide bonds. The maximum atomic E-state index is 12.3. The Kier molecular flexibility index (Phi) is 7.27. The summed E-state index contributed by atoms with van der Waals surface area (Å²) >= 11 is 0. The van der Waals surface area contributed by atoms with Crippen LogP contribution in [0, 0.1) is 0 Å². The first-order valence-corrected chi connectivity index (χ1v) is 9.69. The molecular formula is C19H24N8O4. The van der Waals surface area contributed by atoms with Crippen molar-refractivity contribution in [2.75, 3.05) is 32.7 Å². The number of carboxylic acid groups (broad SMARTS) is 1. The minimum atomic E-state index is -1.01. The van der Waals surface area contributed by atoms with E-state index in [1.165, 1.54) is 29.6 Å². The Morgan fingerprint density at radius 2 is 1.58 bits per heavy atom. The third-order valence-corrected chi connectivity index (χ3v) is 4.84. The second kappa shape index (κ2) is 10.3. The van der Waals surface area contributed by atoms with Crippen LogP contribution in [0.5, 0.6) is 0 Å². The second-order valence-electron chi connectivity index (χ2n) is 6.82. The fourth-order valence-corrected chi connectivity index (χ4v) is 3.11. The van der Waals surface area contributed by atoms with Gasteiger partial charge in [-0.25, -0.2) is 29.1 Å². The average Bonchev–Trinajstić information content (AvgIpc) is 3.55. The molecule has 0 aromatic carbocycles. The molecule has 0 spiro atoms. The molecule has 4 heterocycles. The molecule has 0 bridgehead atoms. The Labute approximate surface area is 178 Å². The van der Waals surface area contributed by atoms with Crippen LogP contribution in [0.2, 0.25) is 0 Å². The zero-order chi connectivity index (χ0) is 22.2. The minimum Gasteiger partial charge on any atom is -0.464 e. The Hall–Kier alpha value is -3.80.